The minimum absolute atomic E-state index is 0.0470. The minimum atomic E-state index is -3.63. The molecule has 1 unspecified atom stereocenters. The van der Waals surface area contributed by atoms with E-state index in [1.807, 2.05) is 20.0 Å². The van der Waals surface area contributed by atoms with Gasteiger partial charge in [-0.05, 0) is 38.6 Å². The quantitative estimate of drug-likeness (QED) is 0.852. The van der Waals surface area contributed by atoms with E-state index < -0.39 is 10.0 Å². The van der Waals surface area contributed by atoms with Crippen molar-refractivity contribution in [2.24, 2.45) is 0 Å². The molecule has 0 spiro atoms. The summed E-state index contributed by atoms with van der Waals surface area (Å²) in [5.74, 6) is 0. The van der Waals surface area contributed by atoms with E-state index in [1.165, 1.54) is 6.07 Å². The second-order valence-corrected chi connectivity index (χ2v) is 7.26. The summed E-state index contributed by atoms with van der Waals surface area (Å²) in [5.41, 5.74) is 0.213. The molecule has 6 heteroatoms. The first kappa shape index (κ1) is 16.0. The first-order chi connectivity index (χ1) is 10.0. The molecule has 1 aliphatic rings. The molecule has 0 N–H and O–H groups in total. The second kappa shape index (κ2) is 6.56. The van der Waals surface area contributed by atoms with Crippen molar-refractivity contribution in [1.29, 1.82) is 5.26 Å². The number of likely N-dealkylation sites (N-methyl/N-ethyl adjacent to an activating group) is 1. The van der Waals surface area contributed by atoms with Crippen molar-refractivity contribution in [2.45, 2.75) is 30.7 Å². The van der Waals surface area contributed by atoms with E-state index in [4.69, 9.17) is 5.26 Å². The summed E-state index contributed by atoms with van der Waals surface area (Å²) >= 11 is 0. The van der Waals surface area contributed by atoms with Gasteiger partial charge in [0.15, 0.2) is 0 Å². The molecule has 0 amide bonds. The zero-order valence-electron chi connectivity index (χ0n) is 12.5. The van der Waals surface area contributed by atoms with Crippen molar-refractivity contribution in [3.63, 3.8) is 0 Å². The molecule has 0 aromatic heterocycles. The summed E-state index contributed by atoms with van der Waals surface area (Å²) in [7, 11) is -1.61. The van der Waals surface area contributed by atoms with E-state index in [-0.39, 0.29) is 16.5 Å². The average Bonchev–Trinajstić information content (AvgIpc) is 2.68. The van der Waals surface area contributed by atoms with Crippen LogP contribution in [0.5, 0.6) is 0 Å². The number of hydrogen-bond acceptors (Lipinski definition) is 4. The van der Waals surface area contributed by atoms with Crippen LogP contribution in [-0.2, 0) is 10.0 Å². The van der Waals surface area contributed by atoms with Gasteiger partial charge in [0.25, 0.3) is 0 Å². The van der Waals surface area contributed by atoms with Gasteiger partial charge in [0.1, 0.15) is 6.07 Å². The SMILES string of the molecule is CCC1CN(C)CCCN1S(=O)(=O)c1ccccc1C#N. The van der Waals surface area contributed by atoms with Crippen LogP contribution in [0.15, 0.2) is 29.2 Å². The third kappa shape index (κ3) is 3.26. The Morgan fingerprint density at radius 1 is 1.33 bits per heavy atom. The summed E-state index contributed by atoms with van der Waals surface area (Å²) in [4.78, 5) is 2.29. The van der Waals surface area contributed by atoms with E-state index in [1.54, 1.807) is 22.5 Å². The smallest absolute Gasteiger partial charge is 0.244 e. The Hall–Kier alpha value is -1.42. The van der Waals surface area contributed by atoms with E-state index in [0.717, 1.165) is 25.9 Å². The lowest BCUT2D eigenvalue weighted by atomic mass is 10.2. The predicted molar refractivity (Wildman–Crippen MR) is 81.2 cm³/mol. The molecule has 21 heavy (non-hydrogen) atoms. The number of sulfonamides is 1. The van der Waals surface area contributed by atoms with Crippen LogP contribution in [0, 0.1) is 11.3 Å². The Morgan fingerprint density at radius 2 is 2.05 bits per heavy atom. The summed E-state index contributed by atoms with van der Waals surface area (Å²) in [6.45, 7) is 4.13. The van der Waals surface area contributed by atoms with Gasteiger partial charge in [-0.1, -0.05) is 19.1 Å². The first-order valence-electron chi connectivity index (χ1n) is 7.20. The van der Waals surface area contributed by atoms with Gasteiger partial charge in [-0.25, -0.2) is 8.42 Å². The fraction of sp³-hybridized carbons (Fsp3) is 0.533. The Kier molecular flexibility index (Phi) is 4.99. The van der Waals surface area contributed by atoms with Crippen LogP contribution >= 0.6 is 0 Å². The molecule has 1 aromatic rings. The van der Waals surface area contributed by atoms with Crippen molar-refractivity contribution in [2.75, 3.05) is 26.7 Å². The van der Waals surface area contributed by atoms with E-state index in [0.29, 0.717) is 6.54 Å². The monoisotopic (exact) mass is 307 g/mol. The normalized spacial score (nSPS) is 21.7. The maximum Gasteiger partial charge on any atom is 0.244 e. The van der Waals surface area contributed by atoms with Crippen molar-refractivity contribution >= 4 is 10.0 Å². The van der Waals surface area contributed by atoms with Gasteiger partial charge in [0.05, 0.1) is 10.5 Å². The van der Waals surface area contributed by atoms with Crippen LogP contribution in [0.2, 0.25) is 0 Å². The third-order valence-electron chi connectivity index (χ3n) is 3.91. The number of hydrogen-bond donors (Lipinski definition) is 0. The highest BCUT2D eigenvalue weighted by Crippen LogP contribution is 2.24. The van der Waals surface area contributed by atoms with Gasteiger partial charge in [-0.3, -0.25) is 0 Å². The molecule has 1 heterocycles. The van der Waals surface area contributed by atoms with Gasteiger partial charge in [-0.2, -0.15) is 9.57 Å². The van der Waals surface area contributed by atoms with E-state index in [9.17, 15) is 8.42 Å². The topological polar surface area (TPSA) is 64.4 Å². The minimum Gasteiger partial charge on any atom is -0.305 e. The lowest BCUT2D eigenvalue weighted by molar-refractivity contribution is 0.270. The maximum atomic E-state index is 13.0. The molecular weight excluding hydrogens is 286 g/mol. The largest absolute Gasteiger partial charge is 0.305 e. The Morgan fingerprint density at radius 3 is 2.71 bits per heavy atom. The first-order valence-corrected chi connectivity index (χ1v) is 8.64. The highest BCUT2D eigenvalue weighted by Gasteiger charge is 2.33. The molecule has 1 fully saturated rings. The molecule has 0 saturated carbocycles. The van der Waals surface area contributed by atoms with Gasteiger partial charge >= 0.3 is 0 Å². The summed E-state index contributed by atoms with van der Waals surface area (Å²) in [6.07, 6.45) is 1.57. The second-order valence-electron chi connectivity index (χ2n) is 5.40. The van der Waals surface area contributed by atoms with Crippen LogP contribution in [0.1, 0.15) is 25.3 Å². The molecule has 0 radical (unpaired) electrons. The van der Waals surface area contributed by atoms with Crippen molar-refractivity contribution in [3.05, 3.63) is 29.8 Å². The summed E-state index contributed by atoms with van der Waals surface area (Å²) < 4.78 is 27.5. The Balaban J connectivity index is 2.44. The fourth-order valence-electron chi connectivity index (χ4n) is 2.78. The molecule has 2 rings (SSSR count). The predicted octanol–water partition coefficient (Wildman–Crippen LogP) is 1.66. The number of nitriles is 1. The van der Waals surface area contributed by atoms with Gasteiger partial charge < -0.3 is 4.90 Å². The highest BCUT2D eigenvalue weighted by atomic mass is 32.2. The van der Waals surface area contributed by atoms with Gasteiger partial charge in [0.2, 0.25) is 10.0 Å². The zero-order valence-corrected chi connectivity index (χ0v) is 13.3. The molecule has 1 atom stereocenters. The zero-order chi connectivity index (χ0) is 15.5. The van der Waals surface area contributed by atoms with Crippen LogP contribution in [0.25, 0.3) is 0 Å². The van der Waals surface area contributed by atoms with Crippen LogP contribution in [0.4, 0.5) is 0 Å². The van der Waals surface area contributed by atoms with Crippen molar-refractivity contribution in [3.8, 4) is 6.07 Å². The Bertz CT molecular complexity index is 637. The number of benzene rings is 1. The lowest BCUT2D eigenvalue weighted by Gasteiger charge is -2.29. The van der Waals surface area contributed by atoms with Gasteiger partial charge in [0, 0.05) is 19.1 Å². The summed E-state index contributed by atoms with van der Waals surface area (Å²) in [6, 6.07) is 8.36. The van der Waals surface area contributed by atoms with Crippen molar-refractivity contribution in [1.82, 2.24) is 9.21 Å². The molecule has 5 nitrogen and oxygen atoms in total. The third-order valence-corrected chi connectivity index (χ3v) is 5.92. The number of nitrogens with zero attached hydrogens (tertiary/aromatic N) is 3. The van der Waals surface area contributed by atoms with E-state index >= 15 is 0 Å². The standard InChI is InChI=1S/C15H21N3O2S/c1-3-14-12-17(2)9-6-10-18(14)21(19,20)15-8-5-4-7-13(15)11-16/h4-5,7-8,14H,3,6,9-10,12H2,1-2H3. The van der Waals surface area contributed by atoms with E-state index in [2.05, 4.69) is 4.90 Å². The fourth-order valence-corrected chi connectivity index (χ4v) is 4.65. The average molecular weight is 307 g/mol. The van der Waals surface area contributed by atoms with Crippen LogP contribution in [-0.4, -0.2) is 50.3 Å². The molecule has 1 aromatic carbocycles. The van der Waals surface area contributed by atoms with Gasteiger partial charge in [-0.15, -0.1) is 0 Å². The lowest BCUT2D eigenvalue weighted by Crippen LogP contribution is -2.43. The Labute approximate surface area is 126 Å². The van der Waals surface area contributed by atoms with Crippen molar-refractivity contribution < 1.29 is 8.42 Å². The summed E-state index contributed by atoms with van der Waals surface area (Å²) in [5, 5.41) is 9.16. The molecular formula is C15H21N3O2S. The molecule has 1 saturated heterocycles. The maximum absolute atomic E-state index is 13.0. The van der Waals surface area contributed by atoms with Crippen LogP contribution in [0.3, 0.4) is 0 Å². The molecule has 0 aliphatic carbocycles. The van der Waals surface area contributed by atoms with Crippen LogP contribution < -0.4 is 0 Å². The molecule has 1 aliphatic heterocycles. The highest BCUT2D eigenvalue weighted by molar-refractivity contribution is 7.89. The molecule has 114 valence electrons. The number of rotatable bonds is 3. The molecule has 0 bridgehead atoms.